The average molecular weight is 241 g/mol. The van der Waals surface area contributed by atoms with Gasteiger partial charge in [0.05, 0.1) is 0 Å². The molecule has 13 heavy (non-hydrogen) atoms. The van der Waals surface area contributed by atoms with E-state index >= 15 is 0 Å². The first-order chi connectivity index (χ1) is 6.20. The lowest BCUT2D eigenvalue weighted by molar-refractivity contribution is 0.0987. The van der Waals surface area contributed by atoms with Crippen LogP contribution in [-0.2, 0) is 6.42 Å². The average Bonchev–Trinajstić information content (AvgIpc) is 2.17. The van der Waals surface area contributed by atoms with Gasteiger partial charge in [0.1, 0.15) is 0 Å². The predicted octanol–water partition coefficient (Wildman–Crippen LogP) is 3.60. The molecule has 0 amide bonds. The third-order valence-corrected chi connectivity index (χ3v) is 3.02. The van der Waals surface area contributed by atoms with Gasteiger partial charge >= 0.3 is 0 Å². The van der Waals surface area contributed by atoms with Gasteiger partial charge in [0.15, 0.2) is 5.78 Å². The number of Topliss-reactive ketones (excluding diaryl/α,β-unsaturated/α-hetero) is 1. The smallest absolute Gasteiger partial charge is 0.163 e. The summed E-state index contributed by atoms with van der Waals surface area (Å²) in [5.41, 5.74) is 2.00. The molecule has 0 aliphatic rings. The van der Waals surface area contributed by atoms with Gasteiger partial charge in [-0.3, -0.25) is 4.79 Å². The van der Waals surface area contributed by atoms with Gasteiger partial charge < -0.3 is 0 Å². The van der Waals surface area contributed by atoms with Crippen molar-refractivity contribution in [3.05, 3.63) is 33.8 Å². The van der Waals surface area contributed by atoms with Crippen molar-refractivity contribution in [2.45, 2.75) is 26.7 Å². The van der Waals surface area contributed by atoms with Gasteiger partial charge in [0.2, 0.25) is 0 Å². The van der Waals surface area contributed by atoms with Crippen LogP contribution < -0.4 is 0 Å². The highest BCUT2D eigenvalue weighted by Gasteiger charge is 2.09. The van der Waals surface area contributed by atoms with Crippen molar-refractivity contribution in [1.82, 2.24) is 0 Å². The Labute approximate surface area is 87.3 Å². The highest BCUT2D eigenvalue weighted by atomic mass is 79.9. The monoisotopic (exact) mass is 240 g/mol. The molecule has 0 heterocycles. The quantitative estimate of drug-likeness (QED) is 0.739. The Hall–Kier alpha value is -0.630. The Bertz CT molecular complexity index is 318. The summed E-state index contributed by atoms with van der Waals surface area (Å²) in [6.07, 6.45) is 1.51. The minimum Gasteiger partial charge on any atom is -0.294 e. The number of halogens is 1. The third kappa shape index (κ3) is 2.19. The number of benzene rings is 1. The van der Waals surface area contributed by atoms with Crippen molar-refractivity contribution < 1.29 is 4.79 Å². The number of ketones is 1. The molecular formula is C11H13BrO. The van der Waals surface area contributed by atoms with Crippen LogP contribution in [0.15, 0.2) is 22.7 Å². The van der Waals surface area contributed by atoms with E-state index in [0.29, 0.717) is 6.42 Å². The van der Waals surface area contributed by atoms with Crippen molar-refractivity contribution in [3.8, 4) is 0 Å². The second kappa shape index (κ2) is 4.56. The molecule has 0 N–H and O–H groups in total. The van der Waals surface area contributed by atoms with Crippen LogP contribution in [0.1, 0.15) is 36.2 Å². The summed E-state index contributed by atoms with van der Waals surface area (Å²) in [6, 6.07) is 5.85. The molecule has 0 spiro atoms. The van der Waals surface area contributed by atoms with Gasteiger partial charge in [-0.15, -0.1) is 0 Å². The van der Waals surface area contributed by atoms with Crippen LogP contribution >= 0.6 is 15.9 Å². The topological polar surface area (TPSA) is 17.1 Å². The summed E-state index contributed by atoms with van der Waals surface area (Å²) in [6.45, 7) is 3.97. The molecule has 1 aromatic carbocycles. The summed E-state index contributed by atoms with van der Waals surface area (Å²) >= 11 is 3.46. The van der Waals surface area contributed by atoms with Gasteiger partial charge in [-0.1, -0.05) is 32.0 Å². The van der Waals surface area contributed by atoms with Crippen LogP contribution in [0.4, 0.5) is 0 Å². The normalized spacial score (nSPS) is 10.1. The number of rotatable bonds is 3. The Morgan fingerprint density at radius 2 is 2.08 bits per heavy atom. The molecule has 1 nitrogen and oxygen atoms in total. The molecule has 1 aromatic rings. The maximum absolute atomic E-state index is 11.5. The van der Waals surface area contributed by atoms with E-state index in [1.807, 2.05) is 25.1 Å². The van der Waals surface area contributed by atoms with Gasteiger partial charge in [0, 0.05) is 16.5 Å². The molecule has 0 radical (unpaired) electrons. The first-order valence-electron chi connectivity index (χ1n) is 4.51. The zero-order valence-corrected chi connectivity index (χ0v) is 9.52. The van der Waals surface area contributed by atoms with Gasteiger partial charge in [-0.2, -0.15) is 0 Å². The van der Waals surface area contributed by atoms with Gasteiger partial charge in [0.25, 0.3) is 0 Å². The number of hydrogen-bond donors (Lipinski definition) is 0. The molecule has 0 saturated heterocycles. The molecule has 1 rings (SSSR count). The van der Waals surface area contributed by atoms with Crippen molar-refractivity contribution in [1.29, 1.82) is 0 Å². The molecular weight excluding hydrogens is 228 g/mol. The lowest BCUT2D eigenvalue weighted by Crippen LogP contribution is -1.99. The summed E-state index contributed by atoms with van der Waals surface area (Å²) in [7, 11) is 0. The molecule has 0 unspecified atom stereocenters. The fourth-order valence-corrected chi connectivity index (χ4v) is 2.02. The highest BCUT2D eigenvalue weighted by Crippen LogP contribution is 2.23. The van der Waals surface area contributed by atoms with E-state index in [4.69, 9.17) is 0 Å². The molecule has 0 fully saturated rings. The molecule has 0 bridgehead atoms. The molecule has 0 aliphatic heterocycles. The molecule has 0 aliphatic carbocycles. The zero-order valence-electron chi connectivity index (χ0n) is 7.93. The maximum atomic E-state index is 11.5. The van der Waals surface area contributed by atoms with E-state index in [1.54, 1.807) is 0 Å². The van der Waals surface area contributed by atoms with Crippen LogP contribution in [0.25, 0.3) is 0 Å². The summed E-state index contributed by atoms with van der Waals surface area (Å²) < 4.78 is 0.962. The first kappa shape index (κ1) is 10.5. The van der Waals surface area contributed by atoms with Gasteiger partial charge in [-0.25, -0.2) is 0 Å². The number of carbonyl (C=O) groups is 1. The zero-order chi connectivity index (χ0) is 9.84. The Kier molecular flexibility index (Phi) is 3.67. The van der Waals surface area contributed by atoms with E-state index < -0.39 is 0 Å². The first-order valence-corrected chi connectivity index (χ1v) is 5.30. The third-order valence-electron chi connectivity index (χ3n) is 2.08. The SMILES string of the molecule is CCC(=O)c1cccc(CC)c1Br. The van der Waals surface area contributed by atoms with Crippen molar-refractivity contribution in [2.24, 2.45) is 0 Å². The van der Waals surface area contributed by atoms with E-state index in [2.05, 4.69) is 22.9 Å². The largest absolute Gasteiger partial charge is 0.294 e. The molecule has 2 heteroatoms. The Morgan fingerprint density at radius 1 is 1.38 bits per heavy atom. The van der Waals surface area contributed by atoms with Crippen molar-refractivity contribution in [3.63, 3.8) is 0 Å². The Balaban J connectivity index is 3.15. The standard InChI is InChI=1S/C11H13BrO/c1-3-8-6-5-7-9(11(8)12)10(13)4-2/h5-7H,3-4H2,1-2H3. The molecule has 70 valence electrons. The lowest BCUT2D eigenvalue weighted by atomic mass is 10.0. The fraction of sp³-hybridized carbons (Fsp3) is 0.364. The second-order valence-electron chi connectivity index (χ2n) is 2.91. The number of aryl methyl sites for hydroxylation is 1. The maximum Gasteiger partial charge on any atom is 0.163 e. The Morgan fingerprint density at radius 3 is 2.62 bits per heavy atom. The summed E-state index contributed by atoms with van der Waals surface area (Å²) in [4.78, 5) is 11.5. The van der Waals surface area contributed by atoms with Crippen LogP contribution in [0, 0.1) is 0 Å². The lowest BCUT2D eigenvalue weighted by Gasteiger charge is -2.05. The second-order valence-corrected chi connectivity index (χ2v) is 3.70. The highest BCUT2D eigenvalue weighted by molar-refractivity contribution is 9.10. The van der Waals surface area contributed by atoms with Gasteiger partial charge in [-0.05, 0) is 27.9 Å². The minimum atomic E-state index is 0.196. The predicted molar refractivity (Wildman–Crippen MR) is 58.1 cm³/mol. The van der Waals surface area contributed by atoms with Crippen molar-refractivity contribution in [2.75, 3.05) is 0 Å². The summed E-state index contributed by atoms with van der Waals surface area (Å²) in [5.74, 6) is 0.196. The summed E-state index contributed by atoms with van der Waals surface area (Å²) in [5, 5.41) is 0. The van der Waals surface area contributed by atoms with E-state index in [9.17, 15) is 4.79 Å². The fourth-order valence-electron chi connectivity index (χ4n) is 1.26. The molecule has 0 aromatic heterocycles. The molecule has 0 saturated carbocycles. The van der Waals surface area contributed by atoms with E-state index in [0.717, 1.165) is 16.5 Å². The van der Waals surface area contributed by atoms with Crippen LogP contribution in [0.2, 0.25) is 0 Å². The van der Waals surface area contributed by atoms with E-state index in [-0.39, 0.29) is 5.78 Å². The van der Waals surface area contributed by atoms with Crippen molar-refractivity contribution >= 4 is 21.7 Å². The van der Waals surface area contributed by atoms with Crippen LogP contribution in [0.3, 0.4) is 0 Å². The van der Waals surface area contributed by atoms with Crippen LogP contribution in [-0.4, -0.2) is 5.78 Å². The minimum absolute atomic E-state index is 0.196. The van der Waals surface area contributed by atoms with E-state index in [1.165, 1.54) is 5.56 Å². The van der Waals surface area contributed by atoms with Crippen LogP contribution in [0.5, 0.6) is 0 Å². The number of carbonyl (C=O) groups excluding carboxylic acids is 1. The molecule has 0 atom stereocenters. The number of hydrogen-bond acceptors (Lipinski definition) is 1.